The zero-order valence-corrected chi connectivity index (χ0v) is 5.50. The first kappa shape index (κ1) is 7.82. The molecule has 0 amide bonds. The van der Waals surface area contributed by atoms with E-state index in [9.17, 15) is 17.6 Å². The smallest absolute Gasteiger partial charge is 0.207 e. The largest absolute Gasteiger partial charge is 0.249 e. The highest BCUT2D eigenvalue weighted by Gasteiger charge is 2.54. The van der Waals surface area contributed by atoms with Crippen molar-refractivity contribution in [2.45, 2.75) is 31.6 Å². The first-order chi connectivity index (χ1) is 4.31. The average molecular weight is 156 g/mol. The molecule has 0 aromatic carbocycles. The summed E-state index contributed by atoms with van der Waals surface area (Å²) in [4.78, 5) is 0. The lowest BCUT2D eigenvalue weighted by molar-refractivity contribution is -0.186. The standard InChI is InChI=1S/C6H8F4/c1-5(7,8)4-2-6(9,10)3-4/h4H,2-3H2,1H3. The highest BCUT2D eigenvalue weighted by molar-refractivity contribution is 4.91. The Bertz CT molecular complexity index is 127. The molecule has 0 spiro atoms. The molecule has 0 aromatic heterocycles. The first-order valence-electron chi connectivity index (χ1n) is 3.07. The molecule has 10 heavy (non-hydrogen) atoms. The van der Waals surface area contributed by atoms with Gasteiger partial charge in [0.25, 0.3) is 0 Å². The summed E-state index contributed by atoms with van der Waals surface area (Å²) < 4.78 is 48.3. The Morgan fingerprint density at radius 2 is 1.70 bits per heavy atom. The Labute approximate surface area is 56.2 Å². The van der Waals surface area contributed by atoms with E-state index in [2.05, 4.69) is 0 Å². The van der Waals surface area contributed by atoms with Gasteiger partial charge in [0.2, 0.25) is 11.8 Å². The van der Waals surface area contributed by atoms with Gasteiger partial charge >= 0.3 is 0 Å². The molecule has 1 rings (SSSR count). The van der Waals surface area contributed by atoms with Crippen molar-refractivity contribution >= 4 is 0 Å². The molecule has 0 heterocycles. The van der Waals surface area contributed by atoms with E-state index in [1.807, 2.05) is 0 Å². The van der Waals surface area contributed by atoms with Crippen molar-refractivity contribution in [1.29, 1.82) is 0 Å². The van der Waals surface area contributed by atoms with E-state index in [4.69, 9.17) is 0 Å². The zero-order valence-electron chi connectivity index (χ0n) is 5.50. The van der Waals surface area contributed by atoms with E-state index >= 15 is 0 Å². The van der Waals surface area contributed by atoms with Crippen LogP contribution in [0.15, 0.2) is 0 Å². The summed E-state index contributed by atoms with van der Waals surface area (Å²) in [5, 5.41) is 0. The Balaban J connectivity index is 2.40. The molecule has 0 atom stereocenters. The molecular weight excluding hydrogens is 148 g/mol. The van der Waals surface area contributed by atoms with Gasteiger partial charge in [-0.05, 0) is 6.92 Å². The average Bonchev–Trinajstić information content (AvgIpc) is 1.56. The number of halogens is 4. The van der Waals surface area contributed by atoms with Crippen LogP contribution in [0.25, 0.3) is 0 Å². The van der Waals surface area contributed by atoms with Crippen LogP contribution in [0.3, 0.4) is 0 Å². The minimum Gasteiger partial charge on any atom is -0.207 e. The molecule has 1 aliphatic carbocycles. The van der Waals surface area contributed by atoms with Crippen LogP contribution in [-0.4, -0.2) is 11.8 Å². The van der Waals surface area contributed by atoms with Crippen LogP contribution in [0.2, 0.25) is 0 Å². The Morgan fingerprint density at radius 1 is 1.30 bits per heavy atom. The molecule has 0 saturated heterocycles. The van der Waals surface area contributed by atoms with Crippen molar-refractivity contribution < 1.29 is 17.6 Å². The first-order valence-corrected chi connectivity index (χ1v) is 3.07. The molecule has 1 aliphatic rings. The van der Waals surface area contributed by atoms with E-state index in [0.717, 1.165) is 0 Å². The van der Waals surface area contributed by atoms with Gasteiger partial charge in [-0.3, -0.25) is 0 Å². The second kappa shape index (κ2) is 1.86. The van der Waals surface area contributed by atoms with Crippen LogP contribution >= 0.6 is 0 Å². The lowest BCUT2D eigenvalue weighted by Gasteiger charge is -2.38. The van der Waals surface area contributed by atoms with Crippen LogP contribution in [0, 0.1) is 5.92 Å². The lowest BCUT2D eigenvalue weighted by Crippen LogP contribution is -2.44. The predicted octanol–water partition coefficient (Wildman–Crippen LogP) is 2.69. The van der Waals surface area contributed by atoms with E-state index in [-0.39, 0.29) is 0 Å². The maximum absolute atomic E-state index is 12.2. The zero-order chi connectivity index (χ0) is 7.99. The summed E-state index contributed by atoms with van der Waals surface area (Å²) in [7, 11) is 0. The van der Waals surface area contributed by atoms with Crippen LogP contribution < -0.4 is 0 Å². The number of hydrogen-bond acceptors (Lipinski definition) is 0. The molecule has 1 fully saturated rings. The number of alkyl halides is 4. The SMILES string of the molecule is CC(F)(F)C1CC(F)(F)C1. The topological polar surface area (TPSA) is 0 Å². The van der Waals surface area contributed by atoms with Crippen molar-refractivity contribution in [3.05, 3.63) is 0 Å². The maximum Gasteiger partial charge on any atom is 0.249 e. The van der Waals surface area contributed by atoms with Gasteiger partial charge in [-0.1, -0.05) is 0 Å². The predicted molar refractivity (Wildman–Crippen MR) is 28.3 cm³/mol. The minimum absolute atomic E-state index is 0.656. The van der Waals surface area contributed by atoms with Gasteiger partial charge in [0, 0.05) is 18.8 Å². The summed E-state index contributed by atoms with van der Waals surface area (Å²) in [5.41, 5.74) is 0. The second-order valence-corrected chi connectivity index (χ2v) is 2.92. The van der Waals surface area contributed by atoms with Gasteiger partial charge in [0.15, 0.2) is 0 Å². The van der Waals surface area contributed by atoms with Gasteiger partial charge in [0.05, 0.1) is 0 Å². The molecule has 0 radical (unpaired) electrons. The summed E-state index contributed by atoms with van der Waals surface area (Å²) in [6.45, 7) is 0.687. The molecule has 4 heteroatoms. The van der Waals surface area contributed by atoms with E-state index in [1.165, 1.54) is 0 Å². The van der Waals surface area contributed by atoms with Crippen molar-refractivity contribution in [1.82, 2.24) is 0 Å². The Hall–Kier alpha value is -0.280. The lowest BCUT2D eigenvalue weighted by atomic mass is 9.77. The quantitative estimate of drug-likeness (QED) is 0.512. The van der Waals surface area contributed by atoms with Crippen molar-refractivity contribution in [3.63, 3.8) is 0 Å². The van der Waals surface area contributed by atoms with Crippen molar-refractivity contribution in [2.75, 3.05) is 0 Å². The normalized spacial score (nSPS) is 26.1. The maximum atomic E-state index is 12.2. The fourth-order valence-corrected chi connectivity index (χ4v) is 1.02. The fraction of sp³-hybridized carbons (Fsp3) is 1.00. The molecule has 60 valence electrons. The molecular formula is C6H8F4. The third-order valence-electron chi connectivity index (χ3n) is 1.81. The minimum atomic E-state index is -2.93. The monoisotopic (exact) mass is 156 g/mol. The van der Waals surface area contributed by atoms with Gasteiger partial charge in [-0.25, -0.2) is 17.6 Å². The third-order valence-corrected chi connectivity index (χ3v) is 1.81. The van der Waals surface area contributed by atoms with Crippen molar-refractivity contribution in [2.24, 2.45) is 5.92 Å². The Kier molecular flexibility index (Phi) is 1.45. The molecule has 0 nitrogen and oxygen atoms in total. The van der Waals surface area contributed by atoms with Crippen LogP contribution in [-0.2, 0) is 0 Å². The van der Waals surface area contributed by atoms with E-state index in [0.29, 0.717) is 6.92 Å². The van der Waals surface area contributed by atoms with Gasteiger partial charge in [0.1, 0.15) is 0 Å². The highest BCUT2D eigenvalue weighted by atomic mass is 19.3. The van der Waals surface area contributed by atoms with Crippen LogP contribution in [0.5, 0.6) is 0 Å². The molecule has 1 saturated carbocycles. The highest BCUT2D eigenvalue weighted by Crippen LogP contribution is 2.49. The second-order valence-electron chi connectivity index (χ2n) is 2.92. The number of rotatable bonds is 1. The molecule has 0 N–H and O–H groups in total. The Morgan fingerprint density at radius 3 is 1.80 bits per heavy atom. The van der Waals surface area contributed by atoms with Crippen LogP contribution in [0.1, 0.15) is 19.8 Å². The molecule has 0 unspecified atom stereocenters. The van der Waals surface area contributed by atoms with Gasteiger partial charge in [-0.15, -0.1) is 0 Å². The summed E-state index contributed by atoms with van der Waals surface area (Å²) in [5.74, 6) is -6.87. The third kappa shape index (κ3) is 1.41. The summed E-state index contributed by atoms with van der Waals surface area (Å²) in [6, 6.07) is 0. The molecule has 0 bridgehead atoms. The van der Waals surface area contributed by atoms with Crippen LogP contribution in [0.4, 0.5) is 17.6 Å². The number of hydrogen-bond donors (Lipinski definition) is 0. The van der Waals surface area contributed by atoms with Crippen molar-refractivity contribution in [3.8, 4) is 0 Å². The molecule has 0 aliphatic heterocycles. The summed E-state index contributed by atoms with van der Waals surface area (Å²) in [6.07, 6.45) is -1.31. The fourth-order valence-electron chi connectivity index (χ4n) is 1.02. The van der Waals surface area contributed by atoms with E-state index in [1.54, 1.807) is 0 Å². The van der Waals surface area contributed by atoms with E-state index < -0.39 is 30.6 Å². The van der Waals surface area contributed by atoms with Gasteiger partial charge in [-0.2, -0.15) is 0 Å². The molecule has 0 aromatic rings. The summed E-state index contributed by atoms with van der Waals surface area (Å²) >= 11 is 0. The van der Waals surface area contributed by atoms with Gasteiger partial charge < -0.3 is 0 Å².